The molecule has 1 amide bonds. The van der Waals surface area contributed by atoms with E-state index < -0.39 is 5.97 Å². The van der Waals surface area contributed by atoms with Gasteiger partial charge in [-0.05, 0) is 95.2 Å². The predicted octanol–water partition coefficient (Wildman–Crippen LogP) is 7.51. The highest BCUT2D eigenvalue weighted by Crippen LogP contribution is 2.28. The average Bonchev–Trinajstić information content (AvgIpc) is 3.46. The fraction of sp³-hybridized carbons (Fsp3) is 0.0625. The lowest BCUT2D eigenvalue weighted by atomic mass is 10.1. The maximum absolute atomic E-state index is 12.6. The van der Waals surface area contributed by atoms with E-state index in [4.69, 9.17) is 9.84 Å². The summed E-state index contributed by atoms with van der Waals surface area (Å²) in [4.78, 5) is 28.3. The third kappa shape index (κ3) is 7.59. The molecule has 1 aromatic heterocycles. The highest BCUT2D eigenvalue weighted by Gasteiger charge is 2.09. The summed E-state index contributed by atoms with van der Waals surface area (Å²) in [5, 5.41) is 19.2. The molecule has 4 aromatic carbocycles. The Morgan fingerprint density at radius 3 is 2.38 bits per heavy atom. The molecule has 0 aliphatic carbocycles. The Balaban J connectivity index is 1.13. The molecule has 3 N–H and O–H groups in total. The maximum Gasteiger partial charge on any atom is 0.335 e. The van der Waals surface area contributed by atoms with Gasteiger partial charge in [0.25, 0.3) is 5.91 Å². The van der Waals surface area contributed by atoms with Crippen molar-refractivity contribution in [1.29, 1.82) is 0 Å². The zero-order valence-corrected chi connectivity index (χ0v) is 25.3. The molecule has 8 nitrogen and oxygen atoms in total. The number of nitrogens with one attached hydrogen (secondary N) is 2. The second kappa shape index (κ2) is 13.4. The number of ether oxygens (including phenoxy) is 1. The summed E-state index contributed by atoms with van der Waals surface area (Å²) in [6.07, 6.45) is 1.57. The molecular formula is C32H25IN4O4S. The standard InChI is InChI=1S/C32H25IN4O4S/c1-20-2-13-26(14-3-20)35-32-36-28(19-42-32)23-9-11-24(12-10-23)30(38)37-34-17-22-6-15-29(27(33)16-22)41-18-21-4-7-25(8-5-21)31(39)40/h2-17,19H,18H2,1H3,(H,35,36)(H,37,38)(H,39,40)/b34-17-. The quantitative estimate of drug-likeness (QED) is 0.0796. The summed E-state index contributed by atoms with van der Waals surface area (Å²) in [6.45, 7) is 2.36. The van der Waals surface area contributed by atoms with Gasteiger partial charge in [0, 0.05) is 22.2 Å². The minimum absolute atomic E-state index is 0.234. The number of anilines is 2. The third-order valence-corrected chi connectivity index (χ3v) is 7.78. The normalized spacial score (nSPS) is 10.9. The topological polar surface area (TPSA) is 113 Å². The monoisotopic (exact) mass is 688 g/mol. The number of aromatic carboxylic acids is 1. The van der Waals surface area contributed by atoms with E-state index in [1.54, 1.807) is 42.6 Å². The Morgan fingerprint density at radius 1 is 0.976 bits per heavy atom. The summed E-state index contributed by atoms with van der Waals surface area (Å²) in [5.74, 6) is -0.588. The highest BCUT2D eigenvalue weighted by atomic mass is 127. The van der Waals surface area contributed by atoms with E-state index in [0.29, 0.717) is 17.9 Å². The first-order valence-electron chi connectivity index (χ1n) is 12.8. The summed E-state index contributed by atoms with van der Waals surface area (Å²) >= 11 is 3.69. The lowest BCUT2D eigenvalue weighted by Gasteiger charge is -2.09. The Bertz CT molecular complexity index is 1730. The van der Waals surface area contributed by atoms with E-state index in [2.05, 4.69) is 50.3 Å². The van der Waals surface area contributed by atoms with Crippen LogP contribution in [0.2, 0.25) is 0 Å². The minimum Gasteiger partial charge on any atom is -0.488 e. The lowest BCUT2D eigenvalue weighted by molar-refractivity contribution is 0.0696. The van der Waals surface area contributed by atoms with Crippen molar-refractivity contribution < 1.29 is 19.4 Å². The van der Waals surface area contributed by atoms with Gasteiger partial charge in [-0.15, -0.1) is 11.3 Å². The molecule has 1 heterocycles. The second-order valence-corrected chi connectivity index (χ2v) is 11.3. The summed E-state index contributed by atoms with van der Waals surface area (Å²) in [5.41, 5.74) is 8.88. The van der Waals surface area contributed by atoms with Crippen molar-refractivity contribution >= 4 is 62.8 Å². The molecule has 0 radical (unpaired) electrons. The van der Waals surface area contributed by atoms with Crippen molar-refractivity contribution in [2.75, 3.05) is 5.32 Å². The largest absolute Gasteiger partial charge is 0.488 e. The first-order valence-corrected chi connectivity index (χ1v) is 14.8. The van der Waals surface area contributed by atoms with Gasteiger partial charge in [-0.1, -0.05) is 42.0 Å². The number of thiazole rings is 1. The van der Waals surface area contributed by atoms with Gasteiger partial charge in [0.05, 0.1) is 21.0 Å². The van der Waals surface area contributed by atoms with Crippen LogP contribution >= 0.6 is 33.9 Å². The van der Waals surface area contributed by atoms with Gasteiger partial charge in [-0.25, -0.2) is 15.2 Å². The van der Waals surface area contributed by atoms with Gasteiger partial charge >= 0.3 is 5.97 Å². The number of amides is 1. The van der Waals surface area contributed by atoms with Gasteiger partial charge in [-0.2, -0.15) is 5.10 Å². The SMILES string of the molecule is Cc1ccc(Nc2nc(-c3ccc(C(=O)N/N=C\c4ccc(OCc5ccc(C(=O)O)cc5)c(I)c4)cc3)cs2)cc1. The number of nitrogens with zero attached hydrogens (tertiary/aromatic N) is 2. The summed E-state index contributed by atoms with van der Waals surface area (Å²) in [6, 6.07) is 27.5. The molecular weight excluding hydrogens is 663 g/mol. The number of hydrazone groups is 1. The minimum atomic E-state index is -0.962. The van der Waals surface area contributed by atoms with Gasteiger partial charge in [-0.3, -0.25) is 4.79 Å². The molecule has 0 saturated carbocycles. The van der Waals surface area contributed by atoms with Crippen LogP contribution < -0.4 is 15.5 Å². The number of hydrogen-bond donors (Lipinski definition) is 3. The van der Waals surface area contributed by atoms with Crippen LogP contribution in [0.4, 0.5) is 10.8 Å². The number of carbonyl (C=O) groups excluding carboxylic acids is 1. The third-order valence-electron chi connectivity index (χ3n) is 6.18. The maximum atomic E-state index is 12.6. The fourth-order valence-corrected chi connectivity index (χ4v) is 5.30. The molecule has 0 aliphatic rings. The molecule has 0 unspecified atom stereocenters. The van der Waals surface area contributed by atoms with Gasteiger partial charge in [0.15, 0.2) is 5.13 Å². The zero-order chi connectivity index (χ0) is 29.5. The lowest BCUT2D eigenvalue weighted by Crippen LogP contribution is -2.17. The van der Waals surface area contributed by atoms with Crippen LogP contribution in [-0.2, 0) is 6.61 Å². The molecule has 0 atom stereocenters. The highest BCUT2D eigenvalue weighted by molar-refractivity contribution is 14.1. The Kier molecular flexibility index (Phi) is 9.25. The van der Waals surface area contributed by atoms with Crippen LogP contribution in [-0.4, -0.2) is 28.2 Å². The number of rotatable bonds is 10. The smallest absolute Gasteiger partial charge is 0.335 e. The number of halogens is 1. The van der Waals surface area contributed by atoms with E-state index in [-0.39, 0.29) is 11.5 Å². The van der Waals surface area contributed by atoms with Crippen molar-refractivity contribution in [3.63, 3.8) is 0 Å². The predicted molar refractivity (Wildman–Crippen MR) is 174 cm³/mol. The van der Waals surface area contributed by atoms with Crippen LogP contribution in [0.3, 0.4) is 0 Å². The van der Waals surface area contributed by atoms with Gasteiger partial charge in [0.1, 0.15) is 12.4 Å². The van der Waals surface area contributed by atoms with Crippen molar-refractivity contribution in [2.24, 2.45) is 5.10 Å². The molecule has 0 fully saturated rings. The Labute approximate surface area is 260 Å². The number of aromatic nitrogens is 1. The van der Waals surface area contributed by atoms with Crippen molar-refractivity contribution in [2.45, 2.75) is 13.5 Å². The van der Waals surface area contributed by atoms with Crippen LogP contribution in [0, 0.1) is 10.5 Å². The molecule has 10 heteroatoms. The molecule has 5 aromatic rings. The van der Waals surface area contributed by atoms with Crippen LogP contribution in [0.15, 0.2) is 101 Å². The second-order valence-electron chi connectivity index (χ2n) is 9.29. The van der Waals surface area contributed by atoms with Crippen molar-refractivity contribution in [3.05, 3.63) is 128 Å². The fourth-order valence-electron chi connectivity index (χ4n) is 3.87. The number of carbonyl (C=O) groups is 2. The molecule has 42 heavy (non-hydrogen) atoms. The molecule has 210 valence electrons. The van der Waals surface area contributed by atoms with Gasteiger partial charge in [0.2, 0.25) is 0 Å². The molecule has 0 spiro atoms. The number of carboxylic acids is 1. The van der Waals surface area contributed by atoms with E-state index in [1.807, 2.05) is 60.0 Å². The summed E-state index contributed by atoms with van der Waals surface area (Å²) < 4.78 is 6.75. The summed E-state index contributed by atoms with van der Waals surface area (Å²) in [7, 11) is 0. The zero-order valence-electron chi connectivity index (χ0n) is 22.4. The van der Waals surface area contributed by atoms with Crippen LogP contribution in [0.25, 0.3) is 11.3 Å². The van der Waals surface area contributed by atoms with Gasteiger partial charge < -0.3 is 15.2 Å². The van der Waals surface area contributed by atoms with E-state index in [1.165, 1.54) is 16.9 Å². The van der Waals surface area contributed by atoms with Crippen LogP contribution in [0.1, 0.15) is 37.4 Å². The van der Waals surface area contributed by atoms with Crippen molar-refractivity contribution in [1.82, 2.24) is 10.4 Å². The Morgan fingerprint density at radius 2 is 1.69 bits per heavy atom. The molecule has 0 bridgehead atoms. The molecule has 0 saturated heterocycles. The molecule has 0 aliphatic heterocycles. The van der Waals surface area contributed by atoms with E-state index >= 15 is 0 Å². The van der Waals surface area contributed by atoms with Crippen LogP contribution in [0.5, 0.6) is 5.75 Å². The average molecular weight is 689 g/mol. The molecule has 5 rings (SSSR count). The number of carboxylic acid groups (broad SMARTS) is 1. The Hall–Kier alpha value is -4.55. The van der Waals surface area contributed by atoms with E-state index in [9.17, 15) is 9.59 Å². The first kappa shape index (κ1) is 29.0. The number of hydrogen-bond acceptors (Lipinski definition) is 7. The van der Waals surface area contributed by atoms with E-state index in [0.717, 1.165) is 36.8 Å². The first-order chi connectivity index (χ1) is 20.3. The van der Waals surface area contributed by atoms with Crippen molar-refractivity contribution in [3.8, 4) is 17.0 Å². The number of aryl methyl sites for hydroxylation is 1. The number of benzene rings is 4.